The predicted molar refractivity (Wildman–Crippen MR) is 102 cm³/mol. The van der Waals surface area contributed by atoms with E-state index in [-0.39, 0.29) is 19.1 Å². The van der Waals surface area contributed by atoms with Crippen LogP contribution in [0.15, 0.2) is 30.3 Å². The number of hydrogen-bond donors (Lipinski definition) is 1. The molecule has 0 saturated heterocycles. The molecule has 28 heavy (non-hydrogen) atoms. The Bertz CT molecular complexity index is 894. The topological polar surface area (TPSA) is 86.6 Å². The van der Waals surface area contributed by atoms with Gasteiger partial charge in [0.15, 0.2) is 6.61 Å². The van der Waals surface area contributed by atoms with Crippen LogP contribution in [0.4, 0.5) is 0 Å². The first-order valence-electron chi connectivity index (χ1n) is 9.20. The molecule has 0 aliphatic heterocycles. The van der Waals surface area contributed by atoms with Gasteiger partial charge in [0.1, 0.15) is 0 Å². The fourth-order valence-electron chi connectivity index (χ4n) is 3.22. The van der Waals surface area contributed by atoms with E-state index in [1.54, 1.807) is 24.3 Å². The highest BCUT2D eigenvalue weighted by Gasteiger charge is 2.28. The van der Waals surface area contributed by atoms with E-state index in [4.69, 9.17) is 4.74 Å². The van der Waals surface area contributed by atoms with Crippen molar-refractivity contribution >= 4 is 17.8 Å². The summed E-state index contributed by atoms with van der Waals surface area (Å²) in [6.45, 7) is 3.81. The second-order valence-corrected chi connectivity index (χ2v) is 6.93. The zero-order valence-corrected chi connectivity index (χ0v) is 16.3. The van der Waals surface area contributed by atoms with Crippen LogP contribution in [0.25, 0.3) is 0 Å². The summed E-state index contributed by atoms with van der Waals surface area (Å²) in [6, 6.07) is 9.01. The molecule has 2 aromatic rings. The smallest absolute Gasteiger partial charge is 0.340 e. The minimum atomic E-state index is -0.488. The molecule has 148 valence electrons. The van der Waals surface area contributed by atoms with E-state index >= 15 is 0 Å². The molecule has 0 unspecified atom stereocenters. The van der Waals surface area contributed by atoms with Gasteiger partial charge in [-0.1, -0.05) is 12.1 Å². The lowest BCUT2D eigenvalue weighted by atomic mass is 10.1. The summed E-state index contributed by atoms with van der Waals surface area (Å²) in [7, 11) is 1.32. The molecule has 1 heterocycles. The van der Waals surface area contributed by atoms with Crippen molar-refractivity contribution in [1.29, 1.82) is 0 Å². The van der Waals surface area contributed by atoms with Crippen LogP contribution in [-0.4, -0.2) is 36.1 Å². The molecule has 7 nitrogen and oxygen atoms in total. The van der Waals surface area contributed by atoms with E-state index in [0.717, 1.165) is 29.8 Å². The molecule has 1 amide bonds. The molecule has 1 aliphatic carbocycles. The highest BCUT2D eigenvalue weighted by atomic mass is 16.5. The molecule has 1 aliphatic rings. The molecule has 1 N–H and O–H groups in total. The molecule has 1 aromatic carbocycles. The normalized spacial score (nSPS) is 13.1. The van der Waals surface area contributed by atoms with Crippen LogP contribution in [0.1, 0.15) is 56.6 Å². The van der Waals surface area contributed by atoms with Crippen molar-refractivity contribution in [3.63, 3.8) is 0 Å². The monoisotopic (exact) mass is 384 g/mol. The third-order valence-electron chi connectivity index (χ3n) is 4.82. The Morgan fingerprint density at radius 3 is 2.39 bits per heavy atom. The Balaban J connectivity index is 1.48. The number of amides is 1. The third-order valence-corrected chi connectivity index (χ3v) is 4.82. The number of esters is 2. The van der Waals surface area contributed by atoms with Crippen molar-refractivity contribution in [1.82, 2.24) is 9.88 Å². The number of ether oxygens (including phenoxy) is 2. The van der Waals surface area contributed by atoms with Gasteiger partial charge >= 0.3 is 11.9 Å². The Hall–Kier alpha value is -3.09. The summed E-state index contributed by atoms with van der Waals surface area (Å²) in [5.74, 6) is -1.29. The van der Waals surface area contributed by atoms with Crippen LogP contribution in [0.3, 0.4) is 0 Å². The van der Waals surface area contributed by atoms with Gasteiger partial charge in [-0.25, -0.2) is 9.59 Å². The van der Waals surface area contributed by atoms with Gasteiger partial charge in [0.05, 0.1) is 18.2 Å². The average Bonchev–Trinajstić information content (AvgIpc) is 3.48. The highest BCUT2D eigenvalue weighted by Crippen LogP contribution is 2.38. The Labute approximate surface area is 163 Å². The number of aryl methyl sites for hydroxylation is 1. The lowest BCUT2D eigenvalue weighted by Crippen LogP contribution is -2.28. The lowest BCUT2D eigenvalue weighted by Gasteiger charge is -2.09. The van der Waals surface area contributed by atoms with Crippen molar-refractivity contribution < 1.29 is 23.9 Å². The average molecular weight is 384 g/mol. The van der Waals surface area contributed by atoms with Gasteiger partial charge in [0.2, 0.25) is 0 Å². The van der Waals surface area contributed by atoms with Crippen LogP contribution in [0.2, 0.25) is 0 Å². The molecule has 0 bridgehead atoms. The van der Waals surface area contributed by atoms with E-state index < -0.39 is 11.9 Å². The van der Waals surface area contributed by atoms with E-state index in [1.807, 2.05) is 19.9 Å². The van der Waals surface area contributed by atoms with Gasteiger partial charge in [-0.05, 0) is 50.5 Å². The van der Waals surface area contributed by atoms with Crippen molar-refractivity contribution in [2.24, 2.45) is 0 Å². The van der Waals surface area contributed by atoms with E-state index in [0.29, 0.717) is 17.2 Å². The number of rotatable bonds is 7. The van der Waals surface area contributed by atoms with Gasteiger partial charge in [0, 0.05) is 24.0 Å². The third kappa shape index (κ3) is 4.42. The SMILES string of the molecule is COC(=O)c1ccc(CNC(=O)COC(=O)c2cc(C)n(C3CC3)c2C)cc1. The summed E-state index contributed by atoms with van der Waals surface area (Å²) in [4.78, 5) is 35.7. The number of benzene rings is 1. The summed E-state index contributed by atoms with van der Waals surface area (Å²) < 4.78 is 12.0. The van der Waals surface area contributed by atoms with E-state index in [1.165, 1.54) is 7.11 Å². The van der Waals surface area contributed by atoms with Crippen molar-refractivity contribution in [2.45, 2.75) is 39.3 Å². The Kier molecular flexibility index (Phi) is 5.82. The first-order chi connectivity index (χ1) is 13.4. The molecule has 0 atom stereocenters. The van der Waals surface area contributed by atoms with Crippen molar-refractivity contribution in [3.05, 3.63) is 58.4 Å². The van der Waals surface area contributed by atoms with Crippen LogP contribution in [-0.2, 0) is 20.8 Å². The summed E-state index contributed by atoms with van der Waals surface area (Å²) in [6.07, 6.45) is 2.27. The molecular weight excluding hydrogens is 360 g/mol. The maximum atomic E-state index is 12.3. The zero-order chi connectivity index (χ0) is 20.3. The minimum Gasteiger partial charge on any atom is -0.465 e. The molecule has 0 radical (unpaired) electrons. The fourth-order valence-corrected chi connectivity index (χ4v) is 3.22. The predicted octanol–water partition coefficient (Wildman–Crippen LogP) is 2.70. The Morgan fingerprint density at radius 1 is 1.11 bits per heavy atom. The minimum absolute atomic E-state index is 0.272. The maximum absolute atomic E-state index is 12.3. The Morgan fingerprint density at radius 2 is 1.79 bits per heavy atom. The van der Waals surface area contributed by atoms with Gasteiger partial charge in [-0.15, -0.1) is 0 Å². The first-order valence-corrected chi connectivity index (χ1v) is 9.20. The van der Waals surface area contributed by atoms with Gasteiger partial charge in [-0.2, -0.15) is 0 Å². The second kappa shape index (κ2) is 8.29. The standard InChI is InChI=1S/C21H24N2O5/c1-13-10-18(14(2)23(13)17-8-9-17)21(26)28-12-19(24)22-11-15-4-6-16(7-5-15)20(25)27-3/h4-7,10,17H,8-9,11-12H2,1-3H3,(H,22,24). The highest BCUT2D eigenvalue weighted by molar-refractivity contribution is 5.93. The molecule has 7 heteroatoms. The molecule has 1 aromatic heterocycles. The lowest BCUT2D eigenvalue weighted by molar-refractivity contribution is -0.124. The van der Waals surface area contributed by atoms with Crippen LogP contribution in [0.5, 0.6) is 0 Å². The second-order valence-electron chi connectivity index (χ2n) is 6.93. The van der Waals surface area contributed by atoms with Crippen LogP contribution >= 0.6 is 0 Å². The number of nitrogens with one attached hydrogen (secondary N) is 1. The van der Waals surface area contributed by atoms with Crippen LogP contribution < -0.4 is 5.32 Å². The van der Waals surface area contributed by atoms with Gasteiger partial charge in [-0.3, -0.25) is 4.79 Å². The first kappa shape index (κ1) is 19.7. The molecule has 1 fully saturated rings. The number of carbonyl (C=O) groups excluding carboxylic acids is 3. The number of aromatic nitrogens is 1. The molecular formula is C21H24N2O5. The summed E-state index contributed by atoms with van der Waals surface area (Å²) in [5, 5.41) is 2.69. The van der Waals surface area contributed by atoms with Gasteiger partial charge in [0.25, 0.3) is 5.91 Å². The van der Waals surface area contributed by atoms with E-state index in [9.17, 15) is 14.4 Å². The van der Waals surface area contributed by atoms with Crippen molar-refractivity contribution in [2.75, 3.05) is 13.7 Å². The molecule has 3 rings (SSSR count). The van der Waals surface area contributed by atoms with Crippen LogP contribution in [0, 0.1) is 13.8 Å². The summed E-state index contributed by atoms with van der Waals surface area (Å²) in [5.41, 5.74) is 3.69. The zero-order valence-electron chi connectivity index (χ0n) is 16.3. The maximum Gasteiger partial charge on any atom is 0.340 e. The van der Waals surface area contributed by atoms with Crippen molar-refractivity contribution in [3.8, 4) is 0 Å². The van der Waals surface area contributed by atoms with Gasteiger partial charge < -0.3 is 19.4 Å². The number of hydrogen-bond acceptors (Lipinski definition) is 5. The number of carbonyl (C=O) groups is 3. The largest absolute Gasteiger partial charge is 0.465 e. The molecule has 1 saturated carbocycles. The van der Waals surface area contributed by atoms with E-state index in [2.05, 4.69) is 14.6 Å². The number of nitrogens with zero attached hydrogens (tertiary/aromatic N) is 1. The number of methoxy groups -OCH3 is 1. The summed E-state index contributed by atoms with van der Waals surface area (Å²) >= 11 is 0. The quantitative estimate of drug-likeness (QED) is 0.742. The fraction of sp³-hybridized carbons (Fsp3) is 0.381. The molecule has 0 spiro atoms.